The molecule has 5 rings (SSSR count). The molecule has 0 spiro atoms. The first-order valence-corrected chi connectivity index (χ1v) is 10.2. The summed E-state index contributed by atoms with van der Waals surface area (Å²) in [4.78, 5) is 20.6. The van der Waals surface area contributed by atoms with Crippen LogP contribution in [0.15, 0.2) is 77.4 Å². The van der Waals surface area contributed by atoms with Crippen molar-refractivity contribution in [3.63, 3.8) is 0 Å². The van der Waals surface area contributed by atoms with Crippen LogP contribution in [0.2, 0.25) is 5.02 Å². The fourth-order valence-corrected chi connectivity index (χ4v) is 3.59. The Labute approximate surface area is 182 Å². The number of benzene rings is 2. The van der Waals surface area contributed by atoms with Crippen molar-refractivity contribution < 1.29 is 9.21 Å². The molecular weight excluding hydrogens is 414 g/mol. The van der Waals surface area contributed by atoms with Gasteiger partial charge in [0.05, 0.1) is 23.0 Å². The van der Waals surface area contributed by atoms with Gasteiger partial charge in [-0.25, -0.2) is 9.67 Å². The highest BCUT2D eigenvalue weighted by Gasteiger charge is 2.18. The average Bonchev–Trinajstić information content (AvgIpc) is 3.51. The Morgan fingerprint density at radius 3 is 2.81 bits per heavy atom. The number of hydrogen-bond donors (Lipinski definition) is 2. The minimum absolute atomic E-state index is 0.273. The van der Waals surface area contributed by atoms with Gasteiger partial charge in [0.2, 0.25) is 0 Å². The maximum Gasteiger partial charge on any atom is 0.271 e. The van der Waals surface area contributed by atoms with Gasteiger partial charge in [-0.05, 0) is 42.5 Å². The molecule has 0 saturated heterocycles. The van der Waals surface area contributed by atoms with Gasteiger partial charge < -0.3 is 14.7 Å². The Bertz CT molecular complexity index is 1320. The minimum atomic E-state index is -0.273. The molecule has 0 radical (unpaired) electrons. The molecule has 3 aromatic heterocycles. The van der Waals surface area contributed by atoms with E-state index in [2.05, 4.69) is 20.4 Å². The van der Waals surface area contributed by atoms with E-state index < -0.39 is 0 Å². The number of carbonyl (C=O) groups excluding carboxylic acids is 1. The van der Waals surface area contributed by atoms with E-state index in [0.29, 0.717) is 29.4 Å². The van der Waals surface area contributed by atoms with Crippen LogP contribution in [-0.2, 0) is 6.42 Å². The molecule has 0 saturated carbocycles. The summed E-state index contributed by atoms with van der Waals surface area (Å²) in [6.07, 6.45) is 2.16. The number of halogens is 1. The average molecular weight is 432 g/mol. The van der Waals surface area contributed by atoms with Crippen LogP contribution in [0.25, 0.3) is 28.2 Å². The van der Waals surface area contributed by atoms with Crippen molar-refractivity contribution in [3.05, 3.63) is 89.5 Å². The van der Waals surface area contributed by atoms with Crippen molar-refractivity contribution in [2.45, 2.75) is 6.42 Å². The third-order valence-electron chi connectivity index (χ3n) is 4.85. The van der Waals surface area contributed by atoms with Crippen molar-refractivity contribution in [2.75, 3.05) is 6.54 Å². The van der Waals surface area contributed by atoms with Gasteiger partial charge in [0.15, 0.2) is 11.5 Å². The van der Waals surface area contributed by atoms with E-state index in [1.54, 1.807) is 35.2 Å². The quantitative estimate of drug-likeness (QED) is 0.410. The number of rotatable bonds is 6. The molecule has 2 N–H and O–H groups in total. The van der Waals surface area contributed by atoms with Crippen LogP contribution in [0.3, 0.4) is 0 Å². The summed E-state index contributed by atoms with van der Waals surface area (Å²) < 4.78 is 7.19. The molecule has 2 aromatic carbocycles. The normalized spacial score (nSPS) is 11.1. The van der Waals surface area contributed by atoms with E-state index in [1.165, 1.54) is 0 Å². The summed E-state index contributed by atoms with van der Waals surface area (Å²) in [5, 5.41) is 7.99. The van der Waals surface area contributed by atoms with Crippen LogP contribution in [0.1, 0.15) is 16.3 Å². The summed E-state index contributed by atoms with van der Waals surface area (Å²) >= 11 is 6.14. The van der Waals surface area contributed by atoms with Crippen LogP contribution in [0.5, 0.6) is 0 Å². The van der Waals surface area contributed by atoms with E-state index in [9.17, 15) is 4.79 Å². The predicted molar refractivity (Wildman–Crippen MR) is 118 cm³/mol. The molecule has 0 aliphatic heterocycles. The number of aromatic amines is 1. The zero-order valence-electron chi connectivity index (χ0n) is 16.4. The Morgan fingerprint density at radius 1 is 1.10 bits per heavy atom. The fraction of sp³-hybridized carbons (Fsp3) is 0.0870. The summed E-state index contributed by atoms with van der Waals surface area (Å²) in [6, 6.07) is 20.4. The number of fused-ring (bicyclic) bond motifs is 1. The fourth-order valence-electron chi connectivity index (χ4n) is 3.41. The standard InChI is InChI=1S/C23H18ClN5O2/c24-15-5-3-6-16(13-15)29-20(21-9-4-12-31-21)14-19(28-29)23(30)25-11-10-22-26-17-7-1-2-8-18(17)27-22/h1-9,12-14H,10-11H2,(H,25,30)(H,26,27). The van der Waals surface area contributed by atoms with Gasteiger partial charge in [-0.3, -0.25) is 4.79 Å². The molecule has 1 amide bonds. The number of nitrogens with zero attached hydrogens (tertiary/aromatic N) is 3. The number of H-pyrrole nitrogens is 1. The largest absolute Gasteiger partial charge is 0.463 e. The molecule has 0 unspecified atom stereocenters. The lowest BCUT2D eigenvalue weighted by atomic mass is 10.2. The first-order chi connectivity index (χ1) is 15.2. The van der Waals surface area contributed by atoms with Crippen LogP contribution in [0.4, 0.5) is 0 Å². The van der Waals surface area contributed by atoms with Crippen LogP contribution in [-0.4, -0.2) is 32.2 Å². The molecule has 8 heteroatoms. The van der Waals surface area contributed by atoms with Gasteiger partial charge in [0, 0.05) is 24.1 Å². The number of furan rings is 1. The molecule has 0 aliphatic rings. The number of para-hydroxylation sites is 2. The Hall–Kier alpha value is -3.84. The second kappa shape index (κ2) is 8.12. The summed E-state index contributed by atoms with van der Waals surface area (Å²) in [5.74, 6) is 1.15. The molecule has 7 nitrogen and oxygen atoms in total. The number of aromatic nitrogens is 4. The van der Waals surface area contributed by atoms with Gasteiger partial charge >= 0.3 is 0 Å². The molecule has 5 aromatic rings. The van der Waals surface area contributed by atoms with Gasteiger partial charge in [-0.15, -0.1) is 0 Å². The van der Waals surface area contributed by atoms with E-state index in [0.717, 1.165) is 22.5 Å². The van der Waals surface area contributed by atoms with E-state index in [4.69, 9.17) is 16.0 Å². The second-order valence-corrected chi connectivity index (χ2v) is 7.43. The molecule has 3 heterocycles. The smallest absolute Gasteiger partial charge is 0.271 e. The van der Waals surface area contributed by atoms with E-state index >= 15 is 0 Å². The van der Waals surface area contributed by atoms with Crippen LogP contribution in [0, 0.1) is 0 Å². The Balaban J connectivity index is 1.35. The van der Waals surface area contributed by atoms with Crippen molar-refractivity contribution in [3.8, 4) is 17.1 Å². The SMILES string of the molecule is O=C(NCCc1nc2ccccc2[nH]1)c1cc(-c2ccco2)n(-c2cccc(Cl)c2)n1. The number of hydrogen-bond acceptors (Lipinski definition) is 4. The maximum atomic E-state index is 12.8. The van der Waals surface area contributed by atoms with Crippen molar-refractivity contribution in [1.29, 1.82) is 0 Å². The summed E-state index contributed by atoms with van der Waals surface area (Å²) in [5.41, 5.74) is 3.57. The maximum absolute atomic E-state index is 12.8. The van der Waals surface area contributed by atoms with Gasteiger partial charge in [-0.1, -0.05) is 29.8 Å². The number of imidazole rings is 1. The zero-order valence-corrected chi connectivity index (χ0v) is 17.1. The first-order valence-electron chi connectivity index (χ1n) is 9.79. The van der Waals surface area contributed by atoms with Crippen molar-refractivity contribution in [2.24, 2.45) is 0 Å². The van der Waals surface area contributed by atoms with Crippen LogP contribution >= 0.6 is 11.6 Å². The lowest BCUT2D eigenvalue weighted by molar-refractivity contribution is 0.0948. The number of carbonyl (C=O) groups is 1. The predicted octanol–water partition coefficient (Wildman–Crippen LogP) is 4.63. The molecule has 31 heavy (non-hydrogen) atoms. The van der Waals surface area contributed by atoms with Crippen molar-refractivity contribution >= 4 is 28.5 Å². The van der Waals surface area contributed by atoms with E-state index in [1.807, 2.05) is 42.5 Å². The van der Waals surface area contributed by atoms with Crippen LogP contribution < -0.4 is 5.32 Å². The summed E-state index contributed by atoms with van der Waals surface area (Å²) in [6.45, 7) is 0.429. The topological polar surface area (TPSA) is 88.7 Å². The lowest BCUT2D eigenvalue weighted by Gasteiger charge is -2.06. The van der Waals surface area contributed by atoms with E-state index in [-0.39, 0.29) is 11.6 Å². The monoisotopic (exact) mass is 431 g/mol. The molecule has 0 aliphatic carbocycles. The Kier molecular flexibility index (Phi) is 5.01. The highest BCUT2D eigenvalue weighted by molar-refractivity contribution is 6.30. The minimum Gasteiger partial charge on any atom is -0.463 e. The third-order valence-corrected chi connectivity index (χ3v) is 5.09. The Morgan fingerprint density at radius 2 is 2.00 bits per heavy atom. The number of amides is 1. The molecular formula is C23H18ClN5O2. The summed E-state index contributed by atoms with van der Waals surface area (Å²) in [7, 11) is 0. The molecule has 0 bridgehead atoms. The molecule has 154 valence electrons. The highest BCUT2D eigenvalue weighted by Crippen LogP contribution is 2.25. The first kappa shape index (κ1) is 19.1. The highest BCUT2D eigenvalue weighted by atomic mass is 35.5. The molecule has 0 atom stereocenters. The van der Waals surface area contributed by atoms with Gasteiger partial charge in [0.25, 0.3) is 5.91 Å². The third kappa shape index (κ3) is 3.95. The molecule has 0 fully saturated rings. The zero-order chi connectivity index (χ0) is 21.2. The van der Waals surface area contributed by atoms with Gasteiger partial charge in [-0.2, -0.15) is 5.10 Å². The number of nitrogens with one attached hydrogen (secondary N) is 2. The lowest BCUT2D eigenvalue weighted by Crippen LogP contribution is -2.26. The van der Waals surface area contributed by atoms with Gasteiger partial charge in [0.1, 0.15) is 11.5 Å². The second-order valence-electron chi connectivity index (χ2n) is 6.99. The van der Waals surface area contributed by atoms with Crippen molar-refractivity contribution in [1.82, 2.24) is 25.1 Å².